The molecule has 1 aliphatic heterocycles. The first-order chi connectivity index (χ1) is 10.6. The van der Waals surface area contributed by atoms with E-state index in [1.807, 2.05) is 18.2 Å². The third-order valence-corrected chi connectivity index (χ3v) is 4.36. The molecule has 1 aliphatic rings. The standard InChI is InChI=1S/C17H17ClN2OS/c1-11-9-12-5-3-4-6-15(12)20(11)17(22)19-14-10-13(18)7-8-16(14)21-2/h3-8,10-11H,9H2,1-2H3,(H,19,22). The minimum absolute atomic E-state index is 0.322. The average Bonchev–Trinajstić information content (AvgIpc) is 2.83. The maximum Gasteiger partial charge on any atom is 0.178 e. The van der Waals surface area contributed by atoms with E-state index in [1.54, 1.807) is 13.2 Å². The molecular weight excluding hydrogens is 316 g/mol. The van der Waals surface area contributed by atoms with Gasteiger partial charge in [0.15, 0.2) is 5.11 Å². The van der Waals surface area contributed by atoms with Crippen LogP contribution in [0.15, 0.2) is 42.5 Å². The van der Waals surface area contributed by atoms with Crippen molar-refractivity contribution in [1.82, 2.24) is 0 Å². The largest absolute Gasteiger partial charge is 0.495 e. The highest BCUT2D eigenvalue weighted by Crippen LogP contribution is 2.34. The Morgan fingerprint density at radius 3 is 2.86 bits per heavy atom. The molecule has 1 N–H and O–H groups in total. The Labute approximate surface area is 140 Å². The number of fused-ring (bicyclic) bond motifs is 1. The molecule has 0 saturated carbocycles. The highest BCUT2D eigenvalue weighted by Gasteiger charge is 2.28. The van der Waals surface area contributed by atoms with Crippen LogP contribution in [-0.4, -0.2) is 18.3 Å². The molecule has 0 saturated heterocycles. The zero-order valence-corrected chi connectivity index (χ0v) is 14.0. The van der Waals surface area contributed by atoms with Crippen molar-refractivity contribution in [1.29, 1.82) is 0 Å². The summed E-state index contributed by atoms with van der Waals surface area (Å²) in [5.41, 5.74) is 3.25. The summed E-state index contributed by atoms with van der Waals surface area (Å²) in [6, 6.07) is 14.1. The second-order valence-electron chi connectivity index (χ2n) is 5.33. The summed E-state index contributed by atoms with van der Waals surface area (Å²) in [6.07, 6.45) is 0.991. The fourth-order valence-corrected chi connectivity index (χ4v) is 3.39. The van der Waals surface area contributed by atoms with Crippen molar-refractivity contribution >= 4 is 40.3 Å². The third kappa shape index (κ3) is 2.76. The molecule has 22 heavy (non-hydrogen) atoms. The van der Waals surface area contributed by atoms with Crippen molar-refractivity contribution in [2.75, 3.05) is 17.3 Å². The first kappa shape index (κ1) is 15.1. The van der Waals surface area contributed by atoms with Gasteiger partial charge in [-0.3, -0.25) is 0 Å². The lowest BCUT2D eigenvalue weighted by Gasteiger charge is -2.26. The van der Waals surface area contributed by atoms with Crippen molar-refractivity contribution in [3.63, 3.8) is 0 Å². The third-order valence-electron chi connectivity index (χ3n) is 3.83. The number of nitrogens with one attached hydrogen (secondary N) is 1. The van der Waals surface area contributed by atoms with Crippen LogP contribution in [0.25, 0.3) is 0 Å². The summed E-state index contributed by atoms with van der Waals surface area (Å²) in [5.74, 6) is 0.715. The van der Waals surface area contributed by atoms with E-state index in [-0.39, 0.29) is 0 Å². The summed E-state index contributed by atoms with van der Waals surface area (Å²) < 4.78 is 5.36. The van der Waals surface area contributed by atoms with Gasteiger partial charge in [0.25, 0.3) is 0 Å². The zero-order chi connectivity index (χ0) is 15.7. The van der Waals surface area contributed by atoms with E-state index in [0.717, 1.165) is 17.8 Å². The molecule has 0 fully saturated rings. The van der Waals surface area contributed by atoms with E-state index in [0.29, 0.717) is 21.9 Å². The Kier molecular flexibility index (Phi) is 4.23. The van der Waals surface area contributed by atoms with Gasteiger partial charge in [0.1, 0.15) is 5.75 Å². The van der Waals surface area contributed by atoms with Crippen LogP contribution in [0.5, 0.6) is 5.75 Å². The van der Waals surface area contributed by atoms with E-state index in [2.05, 4.69) is 35.3 Å². The second-order valence-corrected chi connectivity index (χ2v) is 6.15. The first-order valence-corrected chi connectivity index (χ1v) is 7.90. The van der Waals surface area contributed by atoms with E-state index >= 15 is 0 Å². The number of halogens is 1. The summed E-state index contributed by atoms with van der Waals surface area (Å²) in [6.45, 7) is 2.17. The van der Waals surface area contributed by atoms with Gasteiger partial charge in [-0.15, -0.1) is 0 Å². The number of anilines is 2. The number of para-hydroxylation sites is 1. The Bertz CT molecular complexity index is 720. The molecule has 3 nitrogen and oxygen atoms in total. The molecule has 1 atom stereocenters. The predicted molar refractivity (Wildman–Crippen MR) is 96.3 cm³/mol. The maximum atomic E-state index is 6.07. The fraction of sp³-hybridized carbons (Fsp3) is 0.235. The number of hydrogen-bond acceptors (Lipinski definition) is 2. The molecule has 0 spiro atoms. The lowest BCUT2D eigenvalue weighted by Crippen LogP contribution is -2.38. The Morgan fingerprint density at radius 1 is 1.32 bits per heavy atom. The molecule has 0 aliphatic carbocycles. The van der Waals surface area contributed by atoms with Crippen LogP contribution in [0.3, 0.4) is 0 Å². The highest BCUT2D eigenvalue weighted by atomic mass is 35.5. The number of rotatable bonds is 2. The van der Waals surface area contributed by atoms with Crippen molar-refractivity contribution in [3.05, 3.63) is 53.1 Å². The Hall–Kier alpha value is -1.78. The van der Waals surface area contributed by atoms with Crippen LogP contribution in [0, 0.1) is 0 Å². The fourth-order valence-electron chi connectivity index (χ4n) is 2.83. The van der Waals surface area contributed by atoms with E-state index in [1.165, 1.54) is 5.56 Å². The molecule has 0 radical (unpaired) electrons. The van der Waals surface area contributed by atoms with Gasteiger partial charge in [-0.1, -0.05) is 29.8 Å². The lowest BCUT2D eigenvalue weighted by atomic mass is 10.1. The van der Waals surface area contributed by atoms with Gasteiger partial charge in [0.05, 0.1) is 12.8 Å². The van der Waals surface area contributed by atoms with Crippen LogP contribution >= 0.6 is 23.8 Å². The number of methoxy groups -OCH3 is 1. The quantitative estimate of drug-likeness (QED) is 0.818. The molecular formula is C17H17ClN2OS. The van der Waals surface area contributed by atoms with Crippen LogP contribution in [0.4, 0.5) is 11.4 Å². The van der Waals surface area contributed by atoms with Crippen LogP contribution in [-0.2, 0) is 6.42 Å². The molecule has 1 heterocycles. The molecule has 0 aromatic heterocycles. The number of thiocarbonyl (C=S) groups is 1. The molecule has 5 heteroatoms. The molecule has 114 valence electrons. The van der Waals surface area contributed by atoms with Gasteiger partial charge in [-0.2, -0.15) is 0 Å². The molecule has 1 unspecified atom stereocenters. The number of hydrogen-bond donors (Lipinski definition) is 1. The second kappa shape index (κ2) is 6.15. The number of benzene rings is 2. The minimum atomic E-state index is 0.322. The van der Waals surface area contributed by atoms with E-state index in [9.17, 15) is 0 Å². The summed E-state index contributed by atoms with van der Waals surface area (Å²) >= 11 is 11.7. The van der Waals surface area contributed by atoms with Gasteiger partial charge in [-0.25, -0.2) is 0 Å². The first-order valence-electron chi connectivity index (χ1n) is 7.12. The highest BCUT2D eigenvalue weighted by molar-refractivity contribution is 7.80. The molecule has 2 aromatic rings. The monoisotopic (exact) mass is 332 g/mol. The number of nitrogens with zero attached hydrogens (tertiary/aromatic N) is 1. The predicted octanol–water partition coefficient (Wildman–Crippen LogP) is 4.50. The smallest absolute Gasteiger partial charge is 0.178 e. The molecule has 0 bridgehead atoms. The van der Waals surface area contributed by atoms with Gasteiger partial charge in [0, 0.05) is 16.8 Å². The Balaban J connectivity index is 1.88. The summed E-state index contributed by atoms with van der Waals surface area (Å²) in [4.78, 5) is 2.14. The van der Waals surface area contributed by atoms with Crippen molar-refractivity contribution in [3.8, 4) is 5.75 Å². The maximum absolute atomic E-state index is 6.07. The average molecular weight is 333 g/mol. The molecule has 0 amide bonds. The van der Waals surface area contributed by atoms with Gasteiger partial charge >= 0.3 is 0 Å². The van der Waals surface area contributed by atoms with Crippen molar-refractivity contribution in [2.24, 2.45) is 0 Å². The SMILES string of the molecule is COc1ccc(Cl)cc1NC(=S)N1c2ccccc2CC1C. The summed E-state index contributed by atoms with van der Waals surface area (Å²) in [7, 11) is 1.63. The topological polar surface area (TPSA) is 24.5 Å². The van der Waals surface area contributed by atoms with Crippen molar-refractivity contribution in [2.45, 2.75) is 19.4 Å². The van der Waals surface area contributed by atoms with E-state index in [4.69, 9.17) is 28.6 Å². The van der Waals surface area contributed by atoms with Gasteiger partial charge in [0.2, 0.25) is 0 Å². The molecule has 3 rings (SSSR count). The van der Waals surface area contributed by atoms with Crippen LogP contribution in [0.2, 0.25) is 5.02 Å². The molecule has 2 aromatic carbocycles. The Morgan fingerprint density at radius 2 is 2.09 bits per heavy atom. The van der Waals surface area contributed by atoms with Crippen LogP contribution in [0.1, 0.15) is 12.5 Å². The number of ether oxygens (including phenoxy) is 1. The minimum Gasteiger partial charge on any atom is -0.495 e. The normalized spacial score (nSPS) is 16.3. The van der Waals surface area contributed by atoms with E-state index < -0.39 is 0 Å². The lowest BCUT2D eigenvalue weighted by molar-refractivity contribution is 0.417. The van der Waals surface area contributed by atoms with Gasteiger partial charge in [-0.05, 0) is 55.4 Å². The zero-order valence-electron chi connectivity index (χ0n) is 12.5. The van der Waals surface area contributed by atoms with Gasteiger partial charge < -0.3 is 15.0 Å². The van der Waals surface area contributed by atoms with Crippen LogP contribution < -0.4 is 15.0 Å². The van der Waals surface area contributed by atoms with Crippen molar-refractivity contribution < 1.29 is 4.74 Å². The summed E-state index contributed by atoms with van der Waals surface area (Å²) in [5, 5.41) is 4.55.